The topological polar surface area (TPSA) is 79.5 Å². The highest BCUT2D eigenvalue weighted by Gasteiger charge is 2.17. The Kier molecular flexibility index (Phi) is 5.58. The zero-order chi connectivity index (χ0) is 24.5. The molecule has 0 saturated carbocycles. The highest BCUT2D eigenvalue weighted by molar-refractivity contribution is 6.04. The summed E-state index contributed by atoms with van der Waals surface area (Å²) < 4.78 is 32.7. The van der Waals surface area contributed by atoms with Crippen molar-refractivity contribution in [2.75, 3.05) is 5.32 Å². The lowest BCUT2D eigenvalue weighted by atomic mass is 10.0. The standard InChI is InChI=1S/C28H17F2NO4/c29-20-10-7-16(8-11-20)17-9-12-23-24(15-17)35-27(26(33)25(23)32)18-3-2-6-22(14-18)31-28(34)19-4-1-5-21(30)13-19/h1-15,33H,(H,31,34). The predicted molar refractivity (Wildman–Crippen MR) is 129 cm³/mol. The van der Waals surface area contributed by atoms with Gasteiger partial charge in [0.05, 0.1) is 5.39 Å². The minimum atomic E-state index is -0.610. The van der Waals surface area contributed by atoms with Crippen LogP contribution in [-0.4, -0.2) is 11.0 Å². The van der Waals surface area contributed by atoms with Gasteiger partial charge in [-0.25, -0.2) is 8.78 Å². The van der Waals surface area contributed by atoms with Crippen molar-refractivity contribution in [2.45, 2.75) is 0 Å². The second kappa shape index (κ2) is 8.87. The van der Waals surface area contributed by atoms with E-state index in [1.807, 2.05) is 0 Å². The Morgan fingerprint density at radius 3 is 2.29 bits per heavy atom. The number of fused-ring (bicyclic) bond motifs is 1. The van der Waals surface area contributed by atoms with Gasteiger partial charge in [0.2, 0.25) is 11.2 Å². The number of carbonyl (C=O) groups is 1. The summed E-state index contributed by atoms with van der Waals surface area (Å²) >= 11 is 0. The Morgan fingerprint density at radius 1 is 0.771 bits per heavy atom. The number of amides is 1. The molecule has 35 heavy (non-hydrogen) atoms. The van der Waals surface area contributed by atoms with E-state index < -0.39 is 22.9 Å². The molecule has 1 aromatic heterocycles. The van der Waals surface area contributed by atoms with Crippen LogP contribution in [0.5, 0.6) is 5.75 Å². The van der Waals surface area contributed by atoms with Gasteiger partial charge < -0.3 is 14.8 Å². The molecule has 0 aliphatic heterocycles. The Balaban J connectivity index is 1.53. The molecule has 7 heteroatoms. The molecule has 0 spiro atoms. The van der Waals surface area contributed by atoms with E-state index >= 15 is 0 Å². The average molecular weight is 469 g/mol. The third-order valence-electron chi connectivity index (χ3n) is 5.52. The molecule has 5 nitrogen and oxygen atoms in total. The minimum absolute atomic E-state index is 0.0689. The molecule has 1 amide bonds. The molecule has 0 aliphatic carbocycles. The van der Waals surface area contributed by atoms with Crippen LogP contribution < -0.4 is 10.7 Å². The molecule has 0 atom stereocenters. The number of aromatic hydroxyl groups is 1. The number of rotatable bonds is 4. The van der Waals surface area contributed by atoms with E-state index in [4.69, 9.17) is 4.42 Å². The van der Waals surface area contributed by atoms with E-state index in [9.17, 15) is 23.5 Å². The van der Waals surface area contributed by atoms with Crippen LogP contribution in [-0.2, 0) is 0 Å². The fraction of sp³-hybridized carbons (Fsp3) is 0. The maximum atomic E-state index is 13.4. The van der Waals surface area contributed by atoms with Crippen molar-refractivity contribution < 1.29 is 23.1 Å². The van der Waals surface area contributed by atoms with Gasteiger partial charge in [0.25, 0.3) is 5.91 Å². The van der Waals surface area contributed by atoms with Crippen LogP contribution in [0.2, 0.25) is 0 Å². The molecule has 0 unspecified atom stereocenters. The van der Waals surface area contributed by atoms with Crippen LogP contribution in [0.1, 0.15) is 10.4 Å². The average Bonchev–Trinajstić information content (AvgIpc) is 2.86. The number of carbonyl (C=O) groups excluding carboxylic acids is 1. The summed E-state index contributed by atoms with van der Waals surface area (Å²) in [6, 6.07) is 22.4. The molecular weight excluding hydrogens is 452 g/mol. The van der Waals surface area contributed by atoms with Gasteiger partial charge in [0.1, 0.15) is 17.2 Å². The van der Waals surface area contributed by atoms with E-state index in [-0.39, 0.29) is 28.1 Å². The van der Waals surface area contributed by atoms with E-state index in [0.29, 0.717) is 16.8 Å². The van der Waals surface area contributed by atoms with Gasteiger partial charge in [-0.3, -0.25) is 9.59 Å². The number of hydrogen-bond acceptors (Lipinski definition) is 4. The third-order valence-corrected chi connectivity index (χ3v) is 5.52. The first kappa shape index (κ1) is 22.0. The lowest BCUT2D eigenvalue weighted by Crippen LogP contribution is -2.12. The predicted octanol–water partition coefficient (Wildman–Crippen LogP) is 6.36. The Bertz CT molecular complexity index is 1640. The van der Waals surface area contributed by atoms with E-state index in [0.717, 1.165) is 11.6 Å². The van der Waals surface area contributed by atoms with Crippen molar-refractivity contribution in [1.82, 2.24) is 0 Å². The van der Waals surface area contributed by atoms with Gasteiger partial charge >= 0.3 is 0 Å². The molecule has 5 aromatic rings. The first-order valence-corrected chi connectivity index (χ1v) is 10.6. The number of hydrogen-bond donors (Lipinski definition) is 2. The van der Waals surface area contributed by atoms with Crippen molar-refractivity contribution >= 4 is 22.6 Å². The van der Waals surface area contributed by atoms with Gasteiger partial charge in [-0.05, 0) is 65.7 Å². The van der Waals surface area contributed by atoms with Crippen molar-refractivity contribution in [3.05, 3.63) is 118 Å². The fourth-order valence-corrected chi connectivity index (χ4v) is 3.77. The van der Waals surface area contributed by atoms with Crippen LogP contribution in [0.25, 0.3) is 33.4 Å². The smallest absolute Gasteiger partial charge is 0.255 e. The number of benzene rings is 4. The van der Waals surface area contributed by atoms with Crippen molar-refractivity contribution in [3.63, 3.8) is 0 Å². The molecular formula is C28H17F2NO4. The number of halogens is 2. The van der Waals surface area contributed by atoms with E-state index in [2.05, 4.69) is 5.32 Å². The molecule has 4 aromatic carbocycles. The van der Waals surface area contributed by atoms with Crippen LogP contribution in [0.15, 0.2) is 100 Å². The Hall–Kier alpha value is -4.78. The molecule has 0 radical (unpaired) electrons. The van der Waals surface area contributed by atoms with Gasteiger partial charge in [-0.1, -0.05) is 36.4 Å². The minimum Gasteiger partial charge on any atom is -0.502 e. The summed E-state index contributed by atoms with van der Waals surface area (Å²) in [5, 5.41) is 13.4. The molecule has 5 rings (SSSR count). The second-order valence-corrected chi connectivity index (χ2v) is 7.87. The highest BCUT2D eigenvalue weighted by Crippen LogP contribution is 2.33. The first-order valence-electron chi connectivity index (χ1n) is 10.6. The lowest BCUT2D eigenvalue weighted by Gasteiger charge is -2.10. The van der Waals surface area contributed by atoms with E-state index in [1.54, 1.807) is 48.5 Å². The monoisotopic (exact) mass is 469 g/mol. The number of anilines is 1. The Labute approximate surface area is 197 Å². The van der Waals surface area contributed by atoms with Crippen LogP contribution in [0.4, 0.5) is 14.5 Å². The van der Waals surface area contributed by atoms with Gasteiger partial charge in [-0.2, -0.15) is 0 Å². The summed E-state index contributed by atoms with van der Waals surface area (Å²) in [4.78, 5) is 25.3. The molecule has 0 bridgehead atoms. The zero-order valence-electron chi connectivity index (χ0n) is 18.1. The van der Waals surface area contributed by atoms with Gasteiger partial charge in [-0.15, -0.1) is 0 Å². The number of nitrogens with one attached hydrogen (secondary N) is 1. The lowest BCUT2D eigenvalue weighted by molar-refractivity contribution is 0.102. The first-order chi connectivity index (χ1) is 16.9. The zero-order valence-corrected chi connectivity index (χ0v) is 18.1. The van der Waals surface area contributed by atoms with Crippen LogP contribution >= 0.6 is 0 Å². The van der Waals surface area contributed by atoms with Gasteiger partial charge in [0, 0.05) is 16.8 Å². The van der Waals surface area contributed by atoms with Crippen LogP contribution in [0.3, 0.4) is 0 Å². The van der Waals surface area contributed by atoms with E-state index in [1.165, 1.54) is 36.4 Å². The maximum absolute atomic E-state index is 13.4. The summed E-state index contributed by atoms with van der Waals surface area (Å²) in [7, 11) is 0. The van der Waals surface area contributed by atoms with Crippen molar-refractivity contribution in [3.8, 4) is 28.2 Å². The quantitative estimate of drug-likeness (QED) is 0.321. The summed E-state index contributed by atoms with van der Waals surface area (Å²) in [6.45, 7) is 0. The molecule has 0 saturated heterocycles. The molecule has 2 N–H and O–H groups in total. The second-order valence-electron chi connectivity index (χ2n) is 7.87. The molecule has 172 valence electrons. The van der Waals surface area contributed by atoms with Crippen molar-refractivity contribution in [1.29, 1.82) is 0 Å². The van der Waals surface area contributed by atoms with Gasteiger partial charge in [0.15, 0.2) is 5.76 Å². The largest absolute Gasteiger partial charge is 0.502 e. The Morgan fingerprint density at radius 2 is 1.51 bits per heavy atom. The van der Waals surface area contributed by atoms with Crippen LogP contribution in [0, 0.1) is 11.6 Å². The third kappa shape index (κ3) is 4.39. The summed E-state index contributed by atoms with van der Waals surface area (Å²) in [5.74, 6) is -2.05. The summed E-state index contributed by atoms with van der Waals surface area (Å²) in [6.07, 6.45) is 0. The molecule has 1 heterocycles. The summed E-state index contributed by atoms with van der Waals surface area (Å²) in [5.41, 5.74) is 1.91. The SMILES string of the molecule is O=C(Nc1cccc(-c2oc3cc(-c4ccc(F)cc4)ccc3c(=O)c2O)c1)c1cccc(F)c1. The normalized spacial score (nSPS) is 10.9. The fourth-order valence-electron chi connectivity index (χ4n) is 3.77. The molecule has 0 aliphatic rings. The molecule has 0 fully saturated rings. The maximum Gasteiger partial charge on any atom is 0.255 e. The van der Waals surface area contributed by atoms with Crippen molar-refractivity contribution in [2.24, 2.45) is 0 Å². The highest BCUT2D eigenvalue weighted by atomic mass is 19.1.